The van der Waals surface area contributed by atoms with E-state index < -0.39 is 12.6 Å². The van der Waals surface area contributed by atoms with Gasteiger partial charge in [0.25, 0.3) is 5.91 Å². The van der Waals surface area contributed by atoms with Crippen molar-refractivity contribution < 1.29 is 37.5 Å². The predicted molar refractivity (Wildman–Crippen MR) is 101 cm³/mol. The fourth-order valence-electron chi connectivity index (χ4n) is 2.77. The second-order valence-electron chi connectivity index (χ2n) is 6.26. The summed E-state index contributed by atoms with van der Waals surface area (Å²) in [6.07, 6.45) is 0. The number of nitrogens with one attached hydrogen (secondary N) is 2. The second-order valence-corrected chi connectivity index (χ2v) is 6.26. The van der Waals surface area contributed by atoms with Crippen molar-refractivity contribution in [3.05, 3.63) is 53.6 Å². The highest BCUT2D eigenvalue weighted by molar-refractivity contribution is 6.01. The van der Waals surface area contributed by atoms with Gasteiger partial charge >= 0.3 is 12.6 Å². The number of hydrogen-bond acceptors (Lipinski definition) is 5. The molecule has 7 nitrogen and oxygen atoms in total. The molecule has 0 saturated heterocycles. The van der Waals surface area contributed by atoms with Crippen molar-refractivity contribution in [2.24, 2.45) is 0 Å². The van der Waals surface area contributed by atoms with Crippen molar-refractivity contribution in [2.75, 3.05) is 33.1 Å². The second kappa shape index (κ2) is 10.4. The molecule has 0 aliphatic rings. The van der Waals surface area contributed by atoms with Gasteiger partial charge in [-0.2, -0.15) is 8.78 Å². The minimum Gasteiger partial charge on any atom is -0.493 e. The minimum atomic E-state index is -2.94. The Morgan fingerprint density at radius 1 is 1.10 bits per heavy atom. The predicted octanol–water partition coefficient (Wildman–Crippen LogP) is 1.74. The summed E-state index contributed by atoms with van der Waals surface area (Å²) in [5, 5.41) is 2.71. The first kappa shape index (κ1) is 22.1. The summed E-state index contributed by atoms with van der Waals surface area (Å²) in [7, 11) is 4.44. The normalized spacial score (nSPS) is 11.7. The van der Waals surface area contributed by atoms with Crippen molar-refractivity contribution >= 4 is 17.6 Å². The third-order valence-corrected chi connectivity index (χ3v) is 4.02. The molecule has 156 valence electrons. The first-order chi connectivity index (χ1) is 13.8. The maximum atomic E-state index is 12.4. The lowest BCUT2D eigenvalue weighted by molar-refractivity contribution is -0.885. The number of methoxy groups -OCH3 is 2. The third-order valence-electron chi connectivity index (χ3n) is 4.02. The molecule has 1 unspecified atom stereocenters. The molecule has 1 atom stereocenters. The van der Waals surface area contributed by atoms with E-state index in [-0.39, 0.29) is 29.5 Å². The Kier molecular flexibility index (Phi) is 7.90. The zero-order valence-corrected chi connectivity index (χ0v) is 16.3. The molecule has 2 rings (SSSR count). The van der Waals surface area contributed by atoms with E-state index in [1.165, 1.54) is 20.3 Å². The van der Waals surface area contributed by atoms with Gasteiger partial charge in [-0.1, -0.05) is 12.1 Å². The molecule has 0 aromatic heterocycles. The highest BCUT2D eigenvalue weighted by Crippen LogP contribution is 2.29. The highest BCUT2D eigenvalue weighted by atomic mass is 19.3. The molecule has 2 aromatic carbocycles. The summed E-state index contributed by atoms with van der Waals surface area (Å²) < 4.78 is 39.0. The average Bonchev–Trinajstić information content (AvgIpc) is 2.68. The van der Waals surface area contributed by atoms with Gasteiger partial charge in [0.1, 0.15) is 6.54 Å². The summed E-state index contributed by atoms with van der Waals surface area (Å²) in [5.41, 5.74) is 1.41. The number of para-hydroxylation sites is 1. The Morgan fingerprint density at radius 3 is 2.48 bits per heavy atom. The maximum absolute atomic E-state index is 12.4. The Bertz CT molecular complexity index is 861. The summed E-state index contributed by atoms with van der Waals surface area (Å²) in [4.78, 5) is 25.0. The van der Waals surface area contributed by atoms with Crippen molar-refractivity contribution in [1.82, 2.24) is 0 Å². The van der Waals surface area contributed by atoms with Gasteiger partial charge in [0, 0.05) is 5.56 Å². The van der Waals surface area contributed by atoms with Crippen molar-refractivity contribution in [2.45, 2.75) is 13.2 Å². The number of hydrogen-bond donors (Lipinski definition) is 2. The number of carbonyl (C=O) groups is 2. The van der Waals surface area contributed by atoms with Gasteiger partial charge < -0.3 is 24.4 Å². The summed E-state index contributed by atoms with van der Waals surface area (Å²) >= 11 is 0. The monoisotopic (exact) mass is 409 g/mol. The Hall–Kier alpha value is -3.20. The number of carbonyl (C=O) groups excluding carboxylic acids is 2. The van der Waals surface area contributed by atoms with Crippen LogP contribution in [0.3, 0.4) is 0 Å². The standard InChI is InChI=1S/C20H22F2N2O5/c1-24(11-13-8-9-16(29-20(21)22)17(10-13)27-2)12-18(25)23-15-7-5-4-6-14(15)19(26)28-3/h4-10,20H,11-12H2,1-3H3,(H,23,25)/p+1. The molecule has 0 heterocycles. The van der Waals surface area contributed by atoms with Gasteiger partial charge in [-0.3, -0.25) is 4.79 Å². The molecule has 2 aromatic rings. The Labute approximate surface area is 167 Å². The van der Waals surface area contributed by atoms with Crippen molar-refractivity contribution in [3.63, 3.8) is 0 Å². The fraction of sp³-hybridized carbons (Fsp3) is 0.300. The van der Waals surface area contributed by atoms with E-state index in [4.69, 9.17) is 9.47 Å². The van der Waals surface area contributed by atoms with Gasteiger partial charge in [0.05, 0.1) is 32.5 Å². The molecular weight excluding hydrogens is 386 g/mol. The lowest BCUT2D eigenvalue weighted by Gasteiger charge is -2.16. The van der Waals surface area contributed by atoms with Crippen LogP contribution >= 0.6 is 0 Å². The zero-order valence-electron chi connectivity index (χ0n) is 16.3. The number of ether oxygens (including phenoxy) is 3. The first-order valence-corrected chi connectivity index (χ1v) is 8.74. The topological polar surface area (TPSA) is 78.3 Å². The molecule has 1 amide bonds. The van der Waals surface area contributed by atoms with Crippen molar-refractivity contribution in [3.8, 4) is 11.5 Å². The molecule has 0 saturated carbocycles. The van der Waals surface area contributed by atoms with Crippen molar-refractivity contribution in [1.29, 1.82) is 0 Å². The average molecular weight is 409 g/mol. The number of alkyl halides is 2. The van der Waals surface area contributed by atoms with E-state index in [9.17, 15) is 18.4 Å². The maximum Gasteiger partial charge on any atom is 0.387 e. The highest BCUT2D eigenvalue weighted by Gasteiger charge is 2.17. The number of esters is 1. The van der Waals surface area contributed by atoms with Crippen LogP contribution in [-0.2, 0) is 16.1 Å². The number of anilines is 1. The van der Waals surface area contributed by atoms with Gasteiger partial charge in [-0.25, -0.2) is 4.79 Å². The molecule has 2 N–H and O–H groups in total. The first-order valence-electron chi connectivity index (χ1n) is 8.74. The largest absolute Gasteiger partial charge is 0.493 e. The van der Waals surface area contributed by atoms with E-state index in [1.54, 1.807) is 36.4 Å². The quantitative estimate of drug-likeness (QED) is 0.617. The third kappa shape index (κ3) is 6.42. The zero-order chi connectivity index (χ0) is 21.4. The van der Waals surface area contributed by atoms with Crippen LogP contribution in [-0.4, -0.2) is 46.3 Å². The minimum absolute atomic E-state index is 0.0546. The summed E-state index contributed by atoms with van der Waals surface area (Å²) in [5.74, 6) is -0.698. The van der Waals surface area contributed by atoms with E-state index in [0.29, 0.717) is 12.2 Å². The Morgan fingerprint density at radius 2 is 1.83 bits per heavy atom. The molecule has 0 spiro atoms. The number of benzene rings is 2. The van der Waals surface area contributed by atoms with Crippen LogP contribution in [0.4, 0.5) is 14.5 Å². The van der Waals surface area contributed by atoms with Gasteiger partial charge in [-0.15, -0.1) is 0 Å². The summed E-state index contributed by atoms with van der Waals surface area (Å²) in [6.45, 7) is -2.38. The van der Waals surface area contributed by atoms with E-state index in [2.05, 4.69) is 10.1 Å². The van der Waals surface area contributed by atoms with Crippen LogP contribution in [0.25, 0.3) is 0 Å². The molecule has 0 bridgehead atoms. The van der Waals surface area contributed by atoms with Crippen LogP contribution in [0.1, 0.15) is 15.9 Å². The van der Waals surface area contributed by atoms with Crippen LogP contribution in [0.15, 0.2) is 42.5 Å². The number of amides is 1. The van der Waals surface area contributed by atoms with Gasteiger partial charge in [0.15, 0.2) is 18.0 Å². The molecule has 0 radical (unpaired) electrons. The smallest absolute Gasteiger partial charge is 0.387 e. The van der Waals surface area contributed by atoms with Crippen LogP contribution in [0.2, 0.25) is 0 Å². The lowest BCUT2D eigenvalue weighted by Crippen LogP contribution is -3.08. The number of quaternary nitrogens is 1. The number of likely N-dealkylation sites (N-methyl/N-ethyl adjacent to an activating group) is 1. The molecular formula is C20H23F2N2O5+. The van der Waals surface area contributed by atoms with Crippen LogP contribution < -0.4 is 19.7 Å². The molecule has 9 heteroatoms. The van der Waals surface area contributed by atoms with Crippen LogP contribution in [0.5, 0.6) is 11.5 Å². The molecule has 0 aliphatic heterocycles. The Balaban J connectivity index is 2.00. The van der Waals surface area contributed by atoms with E-state index in [0.717, 1.165) is 10.5 Å². The summed E-state index contributed by atoms with van der Waals surface area (Å²) in [6, 6.07) is 11.2. The van der Waals surface area contributed by atoms with Crippen LogP contribution in [0, 0.1) is 0 Å². The van der Waals surface area contributed by atoms with Gasteiger partial charge in [0.2, 0.25) is 0 Å². The lowest BCUT2D eigenvalue weighted by atomic mass is 10.1. The molecule has 0 aliphatic carbocycles. The molecule has 0 fully saturated rings. The fourth-order valence-corrected chi connectivity index (χ4v) is 2.77. The van der Waals surface area contributed by atoms with E-state index >= 15 is 0 Å². The number of halogens is 2. The number of rotatable bonds is 9. The SMILES string of the molecule is COC(=O)c1ccccc1NC(=O)C[NH+](C)Cc1ccc(OC(F)F)c(OC)c1. The molecule has 29 heavy (non-hydrogen) atoms. The van der Waals surface area contributed by atoms with Gasteiger partial charge in [-0.05, 0) is 30.3 Å². The van der Waals surface area contributed by atoms with E-state index in [1.807, 2.05) is 7.05 Å².